The minimum Gasteiger partial charge on any atom is -0.457 e. The molecular weight excluding hydrogens is 164 g/mol. The van der Waals surface area contributed by atoms with Crippen LogP contribution < -0.4 is 0 Å². The summed E-state index contributed by atoms with van der Waals surface area (Å²) in [6, 6.07) is 0. The first kappa shape index (κ1) is 8.96. The van der Waals surface area contributed by atoms with Gasteiger partial charge in [0.2, 0.25) is 10.0 Å². The Balaban J connectivity index is 2.53. The SMILES string of the molecule is [CH2-]N1CCN(S(C)(=O)=O)CC1. The molecule has 0 aromatic rings. The second-order valence-electron chi connectivity index (χ2n) is 2.78. The van der Waals surface area contributed by atoms with Gasteiger partial charge in [0.25, 0.3) is 0 Å². The summed E-state index contributed by atoms with van der Waals surface area (Å²) in [5, 5.41) is 0. The molecule has 1 aliphatic heterocycles. The summed E-state index contributed by atoms with van der Waals surface area (Å²) in [7, 11) is 0.755. The standard InChI is InChI=1S/C6H13N2O2S/c1-7-3-5-8(6-4-7)11(2,9)10/h1,3-6H2,2H3/q-1. The molecule has 0 aliphatic carbocycles. The van der Waals surface area contributed by atoms with E-state index in [0.29, 0.717) is 13.1 Å². The molecule has 1 fully saturated rings. The van der Waals surface area contributed by atoms with Crippen molar-refractivity contribution in [2.24, 2.45) is 0 Å². The average molecular weight is 177 g/mol. The molecule has 4 nitrogen and oxygen atoms in total. The second kappa shape index (κ2) is 3.08. The maximum absolute atomic E-state index is 11.0. The van der Waals surface area contributed by atoms with E-state index < -0.39 is 10.0 Å². The molecule has 5 heteroatoms. The monoisotopic (exact) mass is 177 g/mol. The molecule has 0 saturated carbocycles. The lowest BCUT2D eigenvalue weighted by Gasteiger charge is -2.35. The minimum atomic E-state index is -2.97. The van der Waals surface area contributed by atoms with Gasteiger partial charge in [0.15, 0.2) is 0 Å². The number of hydrogen-bond donors (Lipinski definition) is 0. The summed E-state index contributed by atoms with van der Waals surface area (Å²) in [6.45, 7) is 2.60. The van der Waals surface area contributed by atoms with Gasteiger partial charge in [0.1, 0.15) is 0 Å². The molecule has 0 aromatic heterocycles. The van der Waals surface area contributed by atoms with Gasteiger partial charge in [-0.25, -0.2) is 8.42 Å². The Morgan fingerprint density at radius 3 is 2.00 bits per heavy atom. The third-order valence-electron chi connectivity index (χ3n) is 1.80. The van der Waals surface area contributed by atoms with Crippen molar-refractivity contribution in [3.05, 3.63) is 7.05 Å². The van der Waals surface area contributed by atoms with Crippen molar-refractivity contribution in [3.63, 3.8) is 0 Å². The van der Waals surface area contributed by atoms with Crippen LogP contribution in [-0.4, -0.2) is 50.1 Å². The Morgan fingerprint density at radius 1 is 1.18 bits per heavy atom. The van der Waals surface area contributed by atoms with Crippen molar-refractivity contribution >= 4 is 10.0 Å². The number of rotatable bonds is 1. The van der Waals surface area contributed by atoms with Crippen LogP contribution in [-0.2, 0) is 10.0 Å². The van der Waals surface area contributed by atoms with E-state index in [9.17, 15) is 8.42 Å². The average Bonchev–Trinajstić information content (AvgIpc) is 1.86. The van der Waals surface area contributed by atoms with E-state index >= 15 is 0 Å². The number of hydrogen-bond acceptors (Lipinski definition) is 3. The summed E-state index contributed by atoms with van der Waals surface area (Å²) >= 11 is 0. The molecule has 11 heavy (non-hydrogen) atoms. The molecule has 0 aromatic carbocycles. The van der Waals surface area contributed by atoms with Crippen LogP contribution in [0.2, 0.25) is 0 Å². The molecule has 1 aliphatic rings. The Bertz CT molecular complexity index is 217. The maximum atomic E-state index is 11.0. The highest BCUT2D eigenvalue weighted by Crippen LogP contribution is 2.03. The smallest absolute Gasteiger partial charge is 0.211 e. The van der Waals surface area contributed by atoms with E-state index in [1.165, 1.54) is 10.6 Å². The summed E-state index contributed by atoms with van der Waals surface area (Å²) in [5.41, 5.74) is 0. The fourth-order valence-electron chi connectivity index (χ4n) is 1.06. The lowest BCUT2D eigenvalue weighted by atomic mass is 10.4. The lowest BCUT2D eigenvalue weighted by molar-refractivity contribution is 0.242. The van der Waals surface area contributed by atoms with Crippen LogP contribution in [0.4, 0.5) is 0 Å². The zero-order chi connectivity index (χ0) is 8.48. The highest BCUT2D eigenvalue weighted by Gasteiger charge is 2.18. The van der Waals surface area contributed by atoms with E-state index in [1.807, 2.05) is 4.90 Å². The molecule has 0 bridgehead atoms. The molecule has 0 unspecified atom stereocenters. The molecule has 1 saturated heterocycles. The third-order valence-corrected chi connectivity index (χ3v) is 3.10. The van der Waals surface area contributed by atoms with Gasteiger partial charge in [-0.3, -0.25) is 7.05 Å². The number of piperazine rings is 1. The van der Waals surface area contributed by atoms with Crippen LogP contribution in [0.5, 0.6) is 0 Å². The number of sulfonamides is 1. The minimum absolute atomic E-state index is 0.572. The van der Waals surface area contributed by atoms with Crippen molar-refractivity contribution in [3.8, 4) is 0 Å². The highest BCUT2D eigenvalue weighted by atomic mass is 32.2. The molecule has 1 rings (SSSR count). The van der Waals surface area contributed by atoms with Crippen LogP contribution >= 0.6 is 0 Å². The van der Waals surface area contributed by atoms with Gasteiger partial charge in [-0.1, -0.05) is 0 Å². The topological polar surface area (TPSA) is 40.6 Å². The van der Waals surface area contributed by atoms with E-state index in [1.54, 1.807) is 0 Å². The highest BCUT2D eigenvalue weighted by molar-refractivity contribution is 7.88. The van der Waals surface area contributed by atoms with Crippen LogP contribution in [0.15, 0.2) is 0 Å². The molecule has 0 N–H and O–H groups in total. The summed E-state index contributed by atoms with van der Waals surface area (Å²) in [6.07, 6.45) is 1.24. The Kier molecular flexibility index (Phi) is 2.51. The van der Waals surface area contributed by atoms with Gasteiger partial charge in [-0.2, -0.15) is 4.31 Å². The molecule has 66 valence electrons. The lowest BCUT2D eigenvalue weighted by Crippen LogP contribution is -2.45. The van der Waals surface area contributed by atoms with Crippen LogP contribution in [0, 0.1) is 7.05 Å². The van der Waals surface area contributed by atoms with Crippen molar-refractivity contribution < 1.29 is 8.42 Å². The van der Waals surface area contributed by atoms with Gasteiger partial charge >= 0.3 is 0 Å². The maximum Gasteiger partial charge on any atom is 0.211 e. The van der Waals surface area contributed by atoms with Crippen LogP contribution in [0.25, 0.3) is 0 Å². The zero-order valence-electron chi connectivity index (χ0n) is 6.65. The Labute approximate surface area is 67.8 Å². The van der Waals surface area contributed by atoms with Crippen LogP contribution in [0.3, 0.4) is 0 Å². The second-order valence-corrected chi connectivity index (χ2v) is 4.76. The first-order chi connectivity index (χ1) is 5.00. The fourth-order valence-corrected chi connectivity index (χ4v) is 1.89. The van der Waals surface area contributed by atoms with Crippen molar-refractivity contribution in [2.75, 3.05) is 32.4 Å². The van der Waals surface area contributed by atoms with Gasteiger partial charge in [-0.05, 0) is 13.1 Å². The zero-order valence-corrected chi connectivity index (χ0v) is 7.47. The molecule has 1 heterocycles. The van der Waals surface area contributed by atoms with E-state index in [-0.39, 0.29) is 0 Å². The Morgan fingerprint density at radius 2 is 1.64 bits per heavy atom. The fraction of sp³-hybridized carbons (Fsp3) is 0.833. The van der Waals surface area contributed by atoms with Gasteiger partial charge in [0, 0.05) is 13.1 Å². The number of nitrogens with zero attached hydrogens (tertiary/aromatic N) is 2. The molecule has 0 radical (unpaired) electrons. The third kappa shape index (κ3) is 2.43. The van der Waals surface area contributed by atoms with Crippen molar-refractivity contribution in [2.45, 2.75) is 0 Å². The van der Waals surface area contributed by atoms with Gasteiger partial charge < -0.3 is 4.90 Å². The van der Waals surface area contributed by atoms with E-state index in [0.717, 1.165) is 13.1 Å². The predicted octanol–water partition coefficient (Wildman–Crippen LogP) is -0.645. The normalized spacial score (nSPS) is 23.8. The van der Waals surface area contributed by atoms with Crippen molar-refractivity contribution in [1.29, 1.82) is 0 Å². The largest absolute Gasteiger partial charge is 0.457 e. The van der Waals surface area contributed by atoms with Crippen molar-refractivity contribution in [1.82, 2.24) is 9.21 Å². The Hall–Kier alpha value is -0.130. The first-order valence-electron chi connectivity index (χ1n) is 3.51. The summed E-state index contributed by atoms with van der Waals surface area (Å²) < 4.78 is 23.4. The molecule has 0 amide bonds. The predicted molar refractivity (Wildman–Crippen MR) is 43.3 cm³/mol. The summed E-state index contributed by atoms with van der Waals surface area (Å²) in [4.78, 5) is 1.88. The summed E-state index contributed by atoms with van der Waals surface area (Å²) in [5.74, 6) is 0. The van der Waals surface area contributed by atoms with Gasteiger partial charge in [-0.15, -0.1) is 0 Å². The van der Waals surface area contributed by atoms with E-state index in [4.69, 9.17) is 0 Å². The van der Waals surface area contributed by atoms with Crippen LogP contribution in [0.1, 0.15) is 0 Å². The van der Waals surface area contributed by atoms with E-state index in [2.05, 4.69) is 7.05 Å². The first-order valence-corrected chi connectivity index (χ1v) is 5.35. The molecule has 0 atom stereocenters. The molecule has 0 spiro atoms. The molecular formula is C6H13N2O2S-. The quantitative estimate of drug-likeness (QED) is 0.500. The van der Waals surface area contributed by atoms with Gasteiger partial charge in [0.05, 0.1) is 6.26 Å².